The van der Waals surface area contributed by atoms with Crippen LogP contribution in [0.5, 0.6) is 5.75 Å². The summed E-state index contributed by atoms with van der Waals surface area (Å²) in [5.41, 5.74) is 2.55. The van der Waals surface area contributed by atoms with Gasteiger partial charge >= 0.3 is 5.97 Å². The predicted molar refractivity (Wildman–Crippen MR) is 93.6 cm³/mol. The Balaban J connectivity index is 2.35. The lowest BCUT2D eigenvalue weighted by molar-refractivity contribution is -0.130. The van der Waals surface area contributed by atoms with Gasteiger partial charge in [0.25, 0.3) is 0 Å². The van der Waals surface area contributed by atoms with Gasteiger partial charge in [-0.3, -0.25) is 0 Å². The molecule has 0 radical (unpaired) electrons. The van der Waals surface area contributed by atoms with Crippen molar-refractivity contribution in [3.63, 3.8) is 0 Å². The number of phenols is 1. The van der Waals surface area contributed by atoms with Crippen molar-refractivity contribution < 1.29 is 15.0 Å². The van der Waals surface area contributed by atoms with Crippen LogP contribution in [0, 0.1) is 0 Å². The zero-order valence-electron chi connectivity index (χ0n) is 13.4. The van der Waals surface area contributed by atoms with Crippen LogP contribution in [0.25, 0.3) is 11.6 Å². The van der Waals surface area contributed by atoms with Crippen molar-refractivity contribution in [1.29, 1.82) is 0 Å². The molecule has 0 amide bonds. The fourth-order valence-electron chi connectivity index (χ4n) is 2.48. The largest absolute Gasteiger partial charge is 0.508 e. The molecule has 0 fully saturated rings. The number of aliphatic carboxylic acids is 1. The van der Waals surface area contributed by atoms with E-state index >= 15 is 0 Å². The van der Waals surface area contributed by atoms with Gasteiger partial charge in [0.15, 0.2) is 0 Å². The Bertz CT molecular complexity index is 701. The Hall–Kier alpha value is -2.75. The molecule has 2 aromatic rings. The van der Waals surface area contributed by atoms with Gasteiger partial charge in [-0.2, -0.15) is 0 Å². The number of nitrogens with zero attached hydrogens (tertiary/aromatic N) is 1. The second-order valence-electron chi connectivity index (χ2n) is 5.18. The molecule has 2 N–H and O–H groups in total. The molecule has 2 aromatic carbocycles. The number of rotatable bonds is 6. The van der Waals surface area contributed by atoms with Gasteiger partial charge in [0.05, 0.1) is 5.57 Å². The highest BCUT2D eigenvalue weighted by molar-refractivity contribution is 6.20. The molecule has 0 atom stereocenters. The highest BCUT2D eigenvalue weighted by Crippen LogP contribution is 2.23. The zero-order chi connectivity index (χ0) is 16.8. The van der Waals surface area contributed by atoms with Gasteiger partial charge < -0.3 is 15.1 Å². The summed E-state index contributed by atoms with van der Waals surface area (Å²) in [6.07, 6.45) is 1.61. The first-order valence-electron chi connectivity index (χ1n) is 7.64. The van der Waals surface area contributed by atoms with Crippen molar-refractivity contribution in [2.75, 3.05) is 18.0 Å². The quantitative estimate of drug-likeness (QED) is 0.628. The monoisotopic (exact) mass is 311 g/mol. The summed E-state index contributed by atoms with van der Waals surface area (Å²) in [6.45, 7) is 6.05. The van der Waals surface area contributed by atoms with Gasteiger partial charge in [0.1, 0.15) is 5.75 Å². The van der Waals surface area contributed by atoms with Crippen LogP contribution < -0.4 is 4.90 Å². The average Bonchev–Trinajstić information content (AvgIpc) is 2.54. The lowest BCUT2D eigenvalue weighted by Gasteiger charge is -2.20. The second kappa shape index (κ2) is 7.49. The number of benzene rings is 2. The summed E-state index contributed by atoms with van der Waals surface area (Å²) in [6, 6.07) is 14.0. The van der Waals surface area contributed by atoms with Gasteiger partial charge in [-0.05, 0) is 55.3 Å². The van der Waals surface area contributed by atoms with Crippen molar-refractivity contribution in [3.8, 4) is 5.75 Å². The normalized spacial score (nSPS) is 11.3. The number of carboxylic acid groups (broad SMARTS) is 1. The molecule has 0 aliphatic carbocycles. The maximum absolute atomic E-state index is 11.5. The summed E-state index contributed by atoms with van der Waals surface area (Å²) in [7, 11) is 0. The first kappa shape index (κ1) is 16.6. The van der Waals surface area contributed by atoms with Crippen molar-refractivity contribution >= 4 is 23.3 Å². The molecule has 4 nitrogen and oxygen atoms in total. The van der Waals surface area contributed by atoms with Gasteiger partial charge in [0, 0.05) is 18.8 Å². The minimum atomic E-state index is -1.02. The molecule has 0 spiro atoms. The summed E-state index contributed by atoms with van der Waals surface area (Å²) in [5.74, 6) is -0.977. The molecule has 2 rings (SSSR count). The molecule has 23 heavy (non-hydrogen) atoms. The van der Waals surface area contributed by atoms with E-state index in [1.165, 1.54) is 12.1 Å². The van der Waals surface area contributed by atoms with Gasteiger partial charge in [-0.15, -0.1) is 0 Å². The SMILES string of the molecule is CCN(CC)c1ccc(/C=C(\C(=O)O)c2cccc(O)c2)cc1. The Morgan fingerprint density at radius 1 is 1.09 bits per heavy atom. The van der Waals surface area contributed by atoms with E-state index in [0.717, 1.165) is 24.3 Å². The van der Waals surface area contributed by atoms with E-state index in [9.17, 15) is 15.0 Å². The molecular weight excluding hydrogens is 290 g/mol. The van der Waals surface area contributed by atoms with Crippen LogP contribution in [0.3, 0.4) is 0 Å². The number of aromatic hydroxyl groups is 1. The first-order valence-corrected chi connectivity index (χ1v) is 7.64. The minimum Gasteiger partial charge on any atom is -0.508 e. The molecule has 0 aromatic heterocycles. The van der Waals surface area contributed by atoms with E-state index in [0.29, 0.717) is 5.56 Å². The number of carbonyl (C=O) groups is 1. The fraction of sp³-hybridized carbons (Fsp3) is 0.211. The number of hydrogen-bond donors (Lipinski definition) is 2. The predicted octanol–water partition coefficient (Wildman–Crippen LogP) is 3.86. The second-order valence-corrected chi connectivity index (χ2v) is 5.18. The molecule has 0 aliphatic heterocycles. The summed E-state index contributed by atoms with van der Waals surface area (Å²) in [4.78, 5) is 13.7. The third kappa shape index (κ3) is 4.13. The van der Waals surface area contributed by atoms with Crippen molar-refractivity contribution in [2.24, 2.45) is 0 Å². The van der Waals surface area contributed by atoms with Crippen molar-refractivity contribution in [1.82, 2.24) is 0 Å². The lowest BCUT2D eigenvalue weighted by Crippen LogP contribution is -2.21. The molecule has 4 heteroatoms. The Kier molecular flexibility index (Phi) is 5.41. The van der Waals surface area contributed by atoms with E-state index in [2.05, 4.69) is 18.7 Å². The van der Waals surface area contributed by atoms with Gasteiger partial charge in [-0.25, -0.2) is 4.79 Å². The average molecular weight is 311 g/mol. The zero-order valence-corrected chi connectivity index (χ0v) is 13.4. The van der Waals surface area contributed by atoms with Gasteiger partial charge in [-0.1, -0.05) is 24.3 Å². The van der Waals surface area contributed by atoms with E-state index in [1.807, 2.05) is 24.3 Å². The number of phenolic OH excluding ortho intramolecular Hbond substituents is 1. The smallest absolute Gasteiger partial charge is 0.336 e. The van der Waals surface area contributed by atoms with Crippen molar-refractivity contribution in [2.45, 2.75) is 13.8 Å². The highest BCUT2D eigenvalue weighted by Gasteiger charge is 2.11. The van der Waals surface area contributed by atoms with Crippen LogP contribution in [-0.2, 0) is 4.79 Å². The Morgan fingerprint density at radius 2 is 1.74 bits per heavy atom. The van der Waals surface area contributed by atoms with E-state index in [-0.39, 0.29) is 11.3 Å². The van der Waals surface area contributed by atoms with Crippen LogP contribution in [0.2, 0.25) is 0 Å². The molecular formula is C19H21NO3. The van der Waals surface area contributed by atoms with E-state index < -0.39 is 5.97 Å². The molecule has 0 unspecified atom stereocenters. The van der Waals surface area contributed by atoms with Crippen LogP contribution in [-0.4, -0.2) is 29.3 Å². The van der Waals surface area contributed by atoms with E-state index in [4.69, 9.17) is 0 Å². The van der Waals surface area contributed by atoms with Crippen molar-refractivity contribution in [3.05, 3.63) is 59.7 Å². The highest BCUT2D eigenvalue weighted by atomic mass is 16.4. The topological polar surface area (TPSA) is 60.8 Å². The first-order chi connectivity index (χ1) is 11.0. The summed E-state index contributed by atoms with van der Waals surface area (Å²) >= 11 is 0. The number of carboxylic acids is 1. The number of hydrogen-bond acceptors (Lipinski definition) is 3. The Labute approximate surface area is 136 Å². The van der Waals surface area contributed by atoms with Crippen LogP contribution in [0.15, 0.2) is 48.5 Å². The summed E-state index contributed by atoms with van der Waals surface area (Å²) < 4.78 is 0. The van der Waals surface area contributed by atoms with E-state index in [1.54, 1.807) is 18.2 Å². The van der Waals surface area contributed by atoms with Crippen LogP contribution in [0.1, 0.15) is 25.0 Å². The lowest BCUT2D eigenvalue weighted by atomic mass is 10.0. The third-order valence-corrected chi connectivity index (χ3v) is 3.72. The molecule has 0 aliphatic rings. The third-order valence-electron chi connectivity index (χ3n) is 3.72. The molecule has 0 saturated carbocycles. The molecule has 0 heterocycles. The standard InChI is InChI=1S/C19H21NO3/c1-3-20(4-2)16-10-8-14(9-11-16)12-18(19(22)23)15-6-5-7-17(21)13-15/h5-13,21H,3-4H2,1-2H3,(H,22,23)/b18-12-. The van der Waals surface area contributed by atoms with Crippen LogP contribution >= 0.6 is 0 Å². The fourth-order valence-corrected chi connectivity index (χ4v) is 2.48. The maximum Gasteiger partial charge on any atom is 0.336 e. The molecule has 0 bridgehead atoms. The van der Waals surface area contributed by atoms with Crippen LogP contribution in [0.4, 0.5) is 5.69 Å². The molecule has 0 saturated heterocycles. The number of anilines is 1. The molecule has 120 valence electrons. The van der Waals surface area contributed by atoms with Gasteiger partial charge in [0.2, 0.25) is 0 Å². The summed E-state index contributed by atoms with van der Waals surface area (Å²) in [5, 5.41) is 19.0. The minimum absolute atomic E-state index is 0.0477. The Morgan fingerprint density at radius 3 is 2.26 bits per heavy atom. The maximum atomic E-state index is 11.5.